The minimum Gasteiger partial charge on any atom is -0.462 e. The number of anilines is 1. The quantitative estimate of drug-likeness (QED) is 0.554. The van der Waals surface area contributed by atoms with Crippen molar-refractivity contribution >= 4 is 17.7 Å². The number of aromatic nitrogens is 4. The number of hydrogen-bond acceptors (Lipinski definition) is 7. The number of hydrogen-bond donors (Lipinski definition) is 0. The number of ether oxygens (including phenoxy) is 1. The Balaban J connectivity index is 1.39. The van der Waals surface area contributed by atoms with Gasteiger partial charge in [-0.15, -0.1) is 0 Å². The van der Waals surface area contributed by atoms with Crippen LogP contribution in [0, 0.1) is 13.8 Å². The zero-order chi connectivity index (χ0) is 23.4. The molecule has 0 aromatic carbocycles. The Morgan fingerprint density at radius 1 is 0.939 bits per heavy atom. The lowest BCUT2D eigenvalue weighted by atomic mass is 10.2. The lowest BCUT2D eigenvalue weighted by Crippen LogP contribution is -2.35. The first kappa shape index (κ1) is 22.4. The normalized spacial score (nSPS) is 14.2. The molecular weight excluding hydrogens is 420 g/mol. The Hall–Kier alpha value is -3.75. The number of amides is 1. The Bertz CT molecular complexity index is 1120. The molecule has 0 atom stereocenters. The third-order valence-electron chi connectivity index (χ3n) is 5.59. The van der Waals surface area contributed by atoms with E-state index < -0.39 is 0 Å². The van der Waals surface area contributed by atoms with Crippen molar-refractivity contribution in [3.8, 4) is 5.82 Å². The van der Waals surface area contributed by atoms with Gasteiger partial charge in [0.05, 0.1) is 23.4 Å². The third-order valence-corrected chi connectivity index (χ3v) is 5.59. The van der Waals surface area contributed by atoms with E-state index in [1.54, 1.807) is 29.9 Å². The molecule has 0 spiro atoms. The molecule has 0 saturated carbocycles. The molecule has 1 saturated heterocycles. The second kappa shape index (κ2) is 9.81. The van der Waals surface area contributed by atoms with Gasteiger partial charge < -0.3 is 14.5 Å². The van der Waals surface area contributed by atoms with Crippen LogP contribution in [-0.4, -0.2) is 69.3 Å². The van der Waals surface area contributed by atoms with Crippen molar-refractivity contribution in [2.75, 3.05) is 37.7 Å². The summed E-state index contributed by atoms with van der Waals surface area (Å²) in [6.45, 7) is 8.71. The summed E-state index contributed by atoms with van der Waals surface area (Å²) < 4.78 is 6.78. The maximum Gasteiger partial charge on any atom is 0.339 e. The van der Waals surface area contributed by atoms with E-state index in [9.17, 15) is 9.59 Å². The van der Waals surface area contributed by atoms with Gasteiger partial charge >= 0.3 is 5.97 Å². The molecule has 1 amide bonds. The van der Waals surface area contributed by atoms with E-state index in [0.717, 1.165) is 30.2 Å². The lowest BCUT2D eigenvalue weighted by Gasteiger charge is -2.23. The molecule has 0 bridgehead atoms. The molecule has 0 N–H and O–H groups in total. The molecule has 0 radical (unpaired) electrons. The zero-order valence-corrected chi connectivity index (χ0v) is 19.2. The molecule has 4 heterocycles. The second-order valence-electron chi connectivity index (χ2n) is 8.00. The molecule has 4 rings (SSSR count). The number of esters is 1. The van der Waals surface area contributed by atoms with Gasteiger partial charge in [-0.1, -0.05) is 0 Å². The highest BCUT2D eigenvalue weighted by Gasteiger charge is 2.22. The zero-order valence-electron chi connectivity index (χ0n) is 19.2. The van der Waals surface area contributed by atoms with Gasteiger partial charge in [-0.2, -0.15) is 5.10 Å². The van der Waals surface area contributed by atoms with Crippen molar-refractivity contribution in [2.24, 2.45) is 0 Å². The fourth-order valence-electron chi connectivity index (χ4n) is 3.94. The van der Waals surface area contributed by atoms with E-state index in [4.69, 9.17) is 4.74 Å². The number of pyridine rings is 2. The van der Waals surface area contributed by atoms with Crippen LogP contribution in [0.25, 0.3) is 5.82 Å². The fourth-order valence-corrected chi connectivity index (χ4v) is 3.94. The number of rotatable bonds is 5. The van der Waals surface area contributed by atoms with Crippen molar-refractivity contribution in [2.45, 2.75) is 27.2 Å². The summed E-state index contributed by atoms with van der Waals surface area (Å²) in [4.78, 5) is 37.8. The van der Waals surface area contributed by atoms with Crippen molar-refractivity contribution in [1.82, 2.24) is 24.6 Å². The molecule has 9 nitrogen and oxygen atoms in total. The van der Waals surface area contributed by atoms with Crippen molar-refractivity contribution < 1.29 is 14.3 Å². The highest BCUT2D eigenvalue weighted by molar-refractivity contribution is 5.94. The molecule has 0 aliphatic carbocycles. The van der Waals surface area contributed by atoms with Crippen LogP contribution in [0.2, 0.25) is 0 Å². The van der Waals surface area contributed by atoms with Crippen LogP contribution in [0.1, 0.15) is 45.4 Å². The molecular formula is C24H28N6O3. The van der Waals surface area contributed by atoms with Crippen molar-refractivity contribution in [3.63, 3.8) is 0 Å². The fraction of sp³-hybridized carbons (Fsp3) is 0.375. The second-order valence-corrected chi connectivity index (χ2v) is 8.00. The summed E-state index contributed by atoms with van der Waals surface area (Å²) in [5.74, 6) is 1.07. The smallest absolute Gasteiger partial charge is 0.339 e. The van der Waals surface area contributed by atoms with Gasteiger partial charge in [0.25, 0.3) is 5.91 Å². The monoisotopic (exact) mass is 448 g/mol. The van der Waals surface area contributed by atoms with Gasteiger partial charge in [0.1, 0.15) is 5.82 Å². The topological polar surface area (TPSA) is 93.5 Å². The summed E-state index contributed by atoms with van der Waals surface area (Å²) >= 11 is 0. The Morgan fingerprint density at radius 3 is 2.30 bits per heavy atom. The summed E-state index contributed by atoms with van der Waals surface area (Å²) in [5, 5.41) is 4.44. The van der Waals surface area contributed by atoms with Gasteiger partial charge in [-0.3, -0.25) is 4.79 Å². The van der Waals surface area contributed by atoms with Crippen LogP contribution in [0.5, 0.6) is 0 Å². The molecule has 0 unspecified atom stereocenters. The standard InChI is InChI=1S/C24H28N6O3/c1-4-33-24(32)20-7-8-21(25-16-20)28-10-5-11-29(13-12-28)23(31)19-6-9-22(26-15-19)30-18(3)14-17(2)27-30/h6-9,14-16H,4-5,10-13H2,1-3H3. The minimum absolute atomic E-state index is 0.0325. The molecule has 3 aromatic rings. The Labute approximate surface area is 193 Å². The van der Waals surface area contributed by atoms with E-state index in [1.807, 2.05) is 36.9 Å². The largest absolute Gasteiger partial charge is 0.462 e. The van der Waals surface area contributed by atoms with Crippen LogP contribution < -0.4 is 4.90 Å². The van der Waals surface area contributed by atoms with Gasteiger partial charge in [0.15, 0.2) is 5.82 Å². The van der Waals surface area contributed by atoms with Gasteiger partial charge in [-0.25, -0.2) is 19.4 Å². The van der Waals surface area contributed by atoms with Gasteiger partial charge in [0.2, 0.25) is 0 Å². The Morgan fingerprint density at radius 2 is 1.67 bits per heavy atom. The van der Waals surface area contributed by atoms with E-state index in [0.29, 0.717) is 43.2 Å². The summed E-state index contributed by atoms with van der Waals surface area (Å²) in [7, 11) is 0. The first-order chi connectivity index (χ1) is 16.0. The van der Waals surface area contributed by atoms with Gasteiger partial charge in [0, 0.05) is 44.3 Å². The van der Waals surface area contributed by atoms with Crippen LogP contribution in [0.15, 0.2) is 42.7 Å². The number of carbonyl (C=O) groups is 2. The molecule has 9 heteroatoms. The molecule has 33 heavy (non-hydrogen) atoms. The average molecular weight is 449 g/mol. The number of aryl methyl sites for hydroxylation is 2. The molecule has 172 valence electrons. The predicted molar refractivity (Wildman–Crippen MR) is 124 cm³/mol. The molecule has 1 aliphatic rings. The summed E-state index contributed by atoms with van der Waals surface area (Å²) in [5.41, 5.74) is 2.92. The summed E-state index contributed by atoms with van der Waals surface area (Å²) in [6.07, 6.45) is 3.98. The van der Waals surface area contributed by atoms with Crippen LogP contribution in [0.3, 0.4) is 0 Å². The lowest BCUT2D eigenvalue weighted by molar-refractivity contribution is 0.0525. The third kappa shape index (κ3) is 5.02. The first-order valence-corrected chi connectivity index (χ1v) is 11.1. The maximum atomic E-state index is 13.1. The van der Waals surface area contributed by atoms with Crippen LogP contribution >= 0.6 is 0 Å². The van der Waals surface area contributed by atoms with Crippen molar-refractivity contribution in [3.05, 3.63) is 65.2 Å². The highest BCUT2D eigenvalue weighted by Crippen LogP contribution is 2.17. The maximum absolute atomic E-state index is 13.1. The van der Waals surface area contributed by atoms with E-state index in [2.05, 4.69) is 20.0 Å². The molecule has 3 aromatic heterocycles. The van der Waals surface area contributed by atoms with Crippen molar-refractivity contribution in [1.29, 1.82) is 0 Å². The number of carbonyl (C=O) groups excluding carboxylic acids is 2. The predicted octanol–water partition coefficient (Wildman–Crippen LogP) is 2.81. The SMILES string of the molecule is CCOC(=O)c1ccc(N2CCCN(C(=O)c3ccc(-n4nc(C)cc4C)nc3)CC2)nc1. The Kier molecular flexibility index (Phi) is 6.67. The molecule has 1 fully saturated rings. The average Bonchev–Trinajstić information content (AvgIpc) is 3.01. The highest BCUT2D eigenvalue weighted by atomic mass is 16.5. The van der Waals surface area contributed by atoms with E-state index in [-0.39, 0.29) is 11.9 Å². The van der Waals surface area contributed by atoms with E-state index in [1.165, 1.54) is 6.20 Å². The minimum atomic E-state index is -0.373. The molecule has 1 aliphatic heterocycles. The number of nitrogens with zero attached hydrogens (tertiary/aromatic N) is 6. The van der Waals surface area contributed by atoms with Gasteiger partial charge in [-0.05, 0) is 57.5 Å². The summed E-state index contributed by atoms with van der Waals surface area (Å²) in [6, 6.07) is 9.17. The van der Waals surface area contributed by atoms with Crippen LogP contribution in [0.4, 0.5) is 5.82 Å². The first-order valence-electron chi connectivity index (χ1n) is 11.1. The van der Waals surface area contributed by atoms with E-state index >= 15 is 0 Å². The van der Waals surface area contributed by atoms with Crippen LogP contribution in [-0.2, 0) is 4.74 Å².